The summed E-state index contributed by atoms with van der Waals surface area (Å²) >= 11 is 0. The highest BCUT2D eigenvalue weighted by molar-refractivity contribution is 5.87. The fraction of sp³-hybridized carbons (Fsp3) is 0.789. The lowest BCUT2D eigenvalue weighted by Crippen LogP contribution is -2.48. The number of fused-ring (bicyclic) bond motifs is 5. The predicted octanol–water partition coefficient (Wildman–Crippen LogP) is 4.09. The van der Waals surface area contributed by atoms with Crippen molar-refractivity contribution < 1.29 is 9.59 Å². The van der Waals surface area contributed by atoms with E-state index in [2.05, 4.69) is 19.9 Å². The summed E-state index contributed by atoms with van der Waals surface area (Å²) in [5.74, 6) is 2.70. The van der Waals surface area contributed by atoms with Gasteiger partial charge >= 0.3 is 0 Å². The number of hydrogen-bond acceptors (Lipinski definition) is 2. The zero-order valence-corrected chi connectivity index (χ0v) is 13.3. The Morgan fingerprint density at radius 2 is 1.86 bits per heavy atom. The van der Waals surface area contributed by atoms with Crippen molar-refractivity contribution in [3.63, 3.8) is 0 Å². The molecule has 5 atom stereocenters. The van der Waals surface area contributed by atoms with Crippen LogP contribution in [0.1, 0.15) is 65.2 Å². The molecule has 21 heavy (non-hydrogen) atoms. The second-order valence-electron chi connectivity index (χ2n) is 8.39. The largest absolute Gasteiger partial charge is 0.300 e. The molecule has 0 aliphatic heterocycles. The smallest absolute Gasteiger partial charge is 0.139 e. The summed E-state index contributed by atoms with van der Waals surface area (Å²) in [7, 11) is 0. The number of hydrogen-bond donors (Lipinski definition) is 0. The maximum atomic E-state index is 12.3. The van der Waals surface area contributed by atoms with Crippen molar-refractivity contribution in [1.82, 2.24) is 0 Å². The predicted molar refractivity (Wildman–Crippen MR) is 81.7 cm³/mol. The Kier molecular flexibility index (Phi) is 2.81. The number of rotatable bonds is 0. The van der Waals surface area contributed by atoms with Gasteiger partial charge in [0.2, 0.25) is 0 Å². The van der Waals surface area contributed by atoms with Gasteiger partial charge in [0.05, 0.1) is 0 Å². The molecule has 4 aliphatic carbocycles. The van der Waals surface area contributed by atoms with Gasteiger partial charge in [0.15, 0.2) is 0 Å². The topological polar surface area (TPSA) is 34.1 Å². The molecule has 0 N–H and O–H groups in total. The summed E-state index contributed by atoms with van der Waals surface area (Å²) in [6.07, 6.45) is 10.2. The highest BCUT2D eigenvalue weighted by atomic mass is 16.1. The minimum Gasteiger partial charge on any atom is -0.300 e. The van der Waals surface area contributed by atoms with Crippen molar-refractivity contribution >= 4 is 11.6 Å². The Balaban J connectivity index is 1.72. The van der Waals surface area contributed by atoms with E-state index < -0.39 is 0 Å². The number of ketones is 2. The van der Waals surface area contributed by atoms with Crippen molar-refractivity contribution in [3.8, 4) is 0 Å². The molecular formula is C19H26O2. The van der Waals surface area contributed by atoms with Gasteiger partial charge in [-0.15, -0.1) is 0 Å². The molecule has 0 aromatic rings. The highest BCUT2D eigenvalue weighted by Crippen LogP contribution is 2.62. The second kappa shape index (κ2) is 4.30. The van der Waals surface area contributed by atoms with Gasteiger partial charge in [0.1, 0.15) is 11.6 Å². The van der Waals surface area contributed by atoms with E-state index in [1.807, 2.05) is 0 Å². The third-order valence-electron chi connectivity index (χ3n) is 7.55. The molecular weight excluding hydrogens is 260 g/mol. The minimum absolute atomic E-state index is 0.0815. The lowest BCUT2D eigenvalue weighted by molar-refractivity contribution is -0.128. The molecule has 114 valence electrons. The number of carbonyl (C=O) groups excluding carboxylic acids is 2. The van der Waals surface area contributed by atoms with Crippen LogP contribution in [-0.2, 0) is 9.59 Å². The SMILES string of the molecule is C[C@]12CCC(=O)CC1CCC1C2=CC[C@]2(C)C(=O)CCC12. The molecule has 0 saturated heterocycles. The molecule has 0 bridgehead atoms. The Morgan fingerprint density at radius 3 is 2.67 bits per heavy atom. The molecule has 3 fully saturated rings. The third kappa shape index (κ3) is 1.71. The molecule has 3 saturated carbocycles. The first-order chi connectivity index (χ1) is 9.95. The van der Waals surface area contributed by atoms with Gasteiger partial charge in [-0.2, -0.15) is 0 Å². The average Bonchev–Trinajstić information content (AvgIpc) is 2.76. The van der Waals surface area contributed by atoms with Crippen LogP contribution in [0.5, 0.6) is 0 Å². The van der Waals surface area contributed by atoms with Gasteiger partial charge in [0.25, 0.3) is 0 Å². The second-order valence-corrected chi connectivity index (χ2v) is 8.39. The lowest BCUT2D eigenvalue weighted by atomic mass is 9.49. The van der Waals surface area contributed by atoms with Gasteiger partial charge in [-0.25, -0.2) is 0 Å². The quantitative estimate of drug-likeness (QED) is 0.629. The molecule has 0 aromatic heterocycles. The van der Waals surface area contributed by atoms with Crippen molar-refractivity contribution in [2.24, 2.45) is 28.6 Å². The summed E-state index contributed by atoms with van der Waals surface area (Å²) in [5, 5.41) is 0. The summed E-state index contributed by atoms with van der Waals surface area (Å²) in [6.45, 7) is 4.61. The Bertz CT molecular complexity index is 546. The first kappa shape index (κ1) is 13.7. The molecule has 4 aliphatic rings. The molecule has 0 radical (unpaired) electrons. The third-order valence-corrected chi connectivity index (χ3v) is 7.55. The molecule has 0 heterocycles. The zero-order chi connectivity index (χ0) is 14.8. The van der Waals surface area contributed by atoms with E-state index in [9.17, 15) is 9.59 Å². The molecule has 4 rings (SSSR count). The zero-order valence-electron chi connectivity index (χ0n) is 13.3. The van der Waals surface area contributed by atoms with Crippen molar-refractivity contribution in [2.45, 2.75) is 65.2 Å². The van der Waals surface area contributed by atoms with Gasteiger partial charge in [-0.3, -0.25) is 9.59 Å². The van der Waals surface area contributed by atoms with Crippen molar-refractivity contribution in [3.05, 3.63) is 11.6 Å². The average molecular weight is 286 g/mol. The van der Waals surface area contributed by atoms with Gasteiger partial charge in [-0.05, 0) is 55.3 Å². The Hall–Kier alpha value is -0.920. The van der Waals surface area contributed by atoms with Crippen LogP contribution in [-0.4, -0.2) is 11.6 Å². The normalized spacial score (nSPS) is 49.2. The summed E-state index contributed by atoms with van der Waals surface area (Å²) in [5.41, 5.74) is 1.79. The Labute approximate surface area is 127 Å². The molecule has 2 nitrogen and oxygen atoms in total. The van der Waals surface area contributed by atoms with Crippen LogP contribution in [0.3, 0.4) is 0 Å². The highest BCUT2D eigenvalue weighted by Gasteiger charge is 2.56. The maximum Gasteiger partial charge on any atom is 0.139 e. The first-order valence-electron chi connectivity index (χ1n) is 8.71. The van der Waals surface area contributed by atoms with E-state index in [0.29, 0.717) is 29.3 Å². The lowest BCUT2D eigenvalue weighted by Gasteiger charge is -2.54. The van der Waals surface area contributed by atoms with Crippen molar-refractivity contribution in [2.75, 3.05) is 0 Å². The molecule has 0 amide bonds. The van der Waals surface area contributed by atoms with Crippen LogP contribution in [0.4, 0.5) is 0 Å². The van der Waals surface area contributed by atoms with E-state index in [1.165, 1.54) is 12.8 Å². The number of Topliss-reactive ketones (excluding diaryl/α,β-unsaturated/α-hetero) is 2. The van der Waals surface area contributed by atoms with Crippen LogP contribution in [0.25, 0.3) is 0 Å². The van der Waals surface area contributed by atoms with Crippen LogP contribution in [0.15, 0.2) is 11.6 Å². The van der Waals surface area contributed by atoms with E-state index in [1.54, 1.807) is 5.57 Å². The van der Waals surface area contributed by atoms with Crippen LogP contribution >= 0.6 is 0 Å². The maximum absolute atomic E-state index is 12.3. The van der Waals surface area contributed by atoms with Gasteiger partial charge in [-0.1, -0.05) is 25.5 Å². The monoisotopic (exact) mass is 286 g/mol. The summed E-state index contributed by atoms with van der Waals surface area (Å²) < 4.78 is 0. The standard InChI is InChI=1S/C19H26O2/c1-18-9-7-13(20)11-12(18)3-4-14-15-5-6-17(21)19(15,2)10-8-16(14)18/h8,12,14-15H,3-7,9-11H2,1-2H3/t12?,14?,15?,18-,19-/m0/s1. The number of carbonyl (C=O) groups is 2. The summed E-state index contributed by atoms with van der Waals surface area (Å²) in [6, 6.07) is 0. The van der Waals surface area contributed by atoms with E-state index in [4.69, 9.17) is 0 Å². The number of allylic oxidation sites excluding steroid dienone is 2. The van der Waals surface area contributed by atoms with Crippen LogP contribution < -0.4 is 0 Å². The van der Waals surface area contributed by atoms with Crippen molar-refractivity contribution in [1.29, 1.82) is 0 Å². The Morgan fingerprint density at radius 1 is 1.05 bits per heavy atom. The molecule has 0 spiro atoms. The minimum atomic E-state index is -0.0815. The molecule has 3 unspecified atom stereocenters. The fourth-order valence-corrected chi connectivity index (χ4v) is 6.10. The van der Waals surface area contributed by atoms with Crippen LogP contribution in [0.2, 0.25) is 0 Å². The van der Waals surface area contributed by atoms with Gasteiger partial charge < -0.3 is 0 Å². The van der Waals surface area contributed by atoms with E-state index in [-0.39, 0.29) is 10.8 Å². The van der Waals surface area contributed by atoms with Crippen LogP contribution in [0, 0.1) is 28.6 Å². The van der Waals surface area contributed by atoms with E-state index >= 15 is 0 Å². The fourth-order valence-electron chi connectivity index (χ4n) is 6.10. The first-order valence-corrected chi connectivity index (χ1v) is 8.71. The summed E-state index contributed by atoms with van der Waals surface area (Å²) in [4.78, 5) is 24.2. The van der Waals surface area contributed by atoms with E-state index in [0.717, 1.165) is 38.5 Å². The molecule has 0 aromatic carbocycles. The van der Waals surface area contributed by atoms with Gasteiger partial charge in [0, 0.05) is 24.7 Å². The molecule has 2 heteroatoms.